The van der Waals surface area contributed by atoms with Crippen LogP contribution in [0.5, 0.6) is 11.5 Å². The van der Waals surface area contributed by atoms with Gasteiger partial charge in [0, 0.05) is 18.2 Å². The lowest BCUT2D eigenvalue weighted by Gasteiger charge is -2.18. The Morgan fingerprint density at radius 2 is 1.65 bits per heavy atom. The molecule has 2 unspecified atom stereocenters. The van der Waals surface area contributed by atoms with Gasteiger partial charge in [-0.25, -0.2) is 0 Å². The zero-order valence-electron chi connectivity index (χ0n) is 21.2. The summed E-state index contributed by atoms with van der Waals surface area (Å²) in [6, 6.07) is 26.3. The van der Waals surface area contributed by atoms with E-state index in [1.54, 1.807) is 0 Å². The molecule has 0 spiro atoms. The van der Waals surface area contributed by atoms with Crippen LogP contribution in [0, 0.1) is 6.92 Å². The first-order valence-electron chi connectivity index (χ1n) is 12.4. The van der Waals surface area contributed by atoms with Crippen molar-refractivity contribution in [3.05, 3.63) is 106 Å². The minimum atomic E-state index is -0.626. The molecular formula is C30H33N3O3S. The third-order valence-electron chi connectivity index (χ3n) is 5.71. The van der Waals surface area contributed by atoms with Gasteiger partial charge in [0.1, 0.15) is 40.8 Å². The molecule has 4 aromatic rings. The Kier molecular flexibility index (Phi) is 9.82. The quantitative estimate of drug-likeness (QED) is 0.243. The fourth-order valence-electron chi connectivity index (χ4n) is 3.76. The van der Waals surface area contributed by atoms with Gasteiger partial charge in [-0.3, -0.25) is 0 Å². The Labute approximate surface area is 222 Å². The first kappa shape index (κ1) is 26.5. The first-order valence-corrected chi connectivity index (χ1v) is 13.2. The Morgan fingerprint density at radius 3 is 2.41 bits per heavy atom. The Morgan fingerprint density at radius 1 is 0.892 bits per heavy atom. The van der Waals surface area contributed by atoms with Crippen molar-refractivity contribution in [1.29, 1.82) is 0 Å². The third-order valence-corrected chi connectivity index (χ3v) is 6.52. The van der Waals surface area contributed by atoms with Crippen molar-refractivity contribution in [3.63, 3.8) is 0 Å². The van der Waals surface area contributed by atoms with Gasteiger partial charge in [-0.15, -0.1) is 10.2 Å². The van der Waals surface area contributed by atoms with E-state index in [9.17, 15) is 5.11 Å². The standard InChI is InChI=1S/C30H33N3O3S/c1-22(18-24-12-15-28(16-13-24)35-20-25-8-4-3-5-9-25)31-19-27(34)21-36-29-11-7-6-10-26(29)14-17-30-33-32-23(2)37-30/h3-17,22,27,31,34H,18-21H2,1-2H3/b17-14+. The molecule has 0 amide bonds. The Bertz CT molecular complexity index is 1260. The topological polar surface area (TPSA) is 76.5 Å². The number of nitrogens with one attached hydrogen (secondary N) is 1. The molecule has 2 atom stereocenters. The summed E-state index contributed by atoms with van der Waals surface area (Å²) in [6.45, 7) is 5.25. The van der Waals surface area contributed by atoms with E-state index < -0.39 is 6.10 Å². The molecule has 0 fully saturated rings. The molecule has 0 aliphatic heterocycles. The summed E-state index contributed by atoms with van der Waals surface area (Å²) in [5.41, 5.74) is 3.29. The summed E-state index contributed by atoms with van der Waals surface area (Å²) < 4.78 is 11.8. The maximum absolute atomic E-state index is 10.5. The van der Waals surface area contributed by atoms with E-state index in [1.807, 2.05) is 73.7 Å². The molecule has 7 heteroatoms. The number of rotatable bonds is 13. The summed E-state index contributed by atoms with van der Waals surface area (Å²) in [7, 11) is 0. The monoisotopic (exact) mass is 515 g/mol. The lowest BCUT2D eigenvalue weighted by Crippen LogP contribution is -2.37. The van der Waals surface area contributed by atoms with Crippen molar-refractivity contribution in [2.45, 2.75) is 39.0 Å². The molecule has 2 N–H and O–H groups in total. The van der Waals surface area contributed by atoms with E-state index in [2.05, 4.69) is 46.7 Å². The van der Waals surface area contributed by atoms with Gasteiger partial charge < -0.3 is 19.9 Å². The summed E-state index contributed by atoms with van der Waals surface area (Å²) in [4.78, 5) is 0. The highest BCUT2D eigenvalue weighted by molar-refractivity contribution is 7.12. The van der Waals surface area contributed by atoms with Gasteiger partial charge in [0.15, 0.2) is 0 Å². The lowest BCUT2D eigenvalue weighted by molar-refractivity contribution is 0.104. The van der Waals surface area contributed by atoms with Crippen LogP contribution in [-0.4, -0.2) is 40.6 Å². The average Bonchev–Trinajstić information content (AvgIpc) is 3.35. The predicted octanol–water partition coefficient (Wildman–Crippen LogP) is 5.56. The molecule has 6 nitrogen and oxygen atoms in total. The fourth-order valence-corrected chi connectivity index (χ4v) is 4.36. The van der Waals surface area contributed by atoms with Crippen LogP contribution in [0.3, 0.4) is 0 Å². The van der Waals surface area contributed by atoms with Crippen molar-refractivity contribution < 1.29 is 14.6 Å². The van der Waals surface area contributed by atoms with Crippen molar-refractivity contribution in [3.8, 4) is 11.5 Å². The van der Waals surface area contributed by atoms with Gasteiger partial charge in [0.2, 0.25) is 0 Å². The summed E-state index contributed by atoms with van der Waals surface area (Å²) in [5, 5.41) is 23.8. The molecule has 0 bridgehead atoms. The zero-order chi connectivity index (χ0) is 25.9. The Balaban J connectivity index is 1.19. The van der Waals surface area contributed by atoms with E-state index in [-0.39, 0.29) is 12.6 Å². The molecule has 1 aromatic heterocycles. The number of aryl methyl sites for hydroxylation is 1. The molecule has 192 valence electrons. The van der Waals surface area contributed by atoms with E-state index >= 15 is 0 Å². The number of hydrogen-bond acceptors (Lipinski definition) is 7. The molecule has 0 aliphatic rings. The predicted molar refractivity (Wildman–Crippen MR) is 150 cm³/mol. The van der Waals surface area contributed by atoms with Crippen molar-refractivity contribution in [2.75, 3.05) is 13.2 Å². The van der Waals surface area contributed by atoms with Gasteiger partial charge >= 0.3 is 0 Å². The molecule has 0 radical (unpaired) electrons. The van der Waals surface area contributed by atoms with Crippen LogP contribution >= 0.6 is 11.3 Å². The van der Waals surface area contributed by atoms with Crippen molar-refractivity contribution in [1.82, 2.24) is 15.5 Å². The van der Waals surface area contributed by atoms with Crippen molar-refractivity contribution >= 4 is 23.5 Å². The van der Waals surface area contributed by atoms with Crippen LogP contribution in [0.4, 0.5) is 0 Å². The SMILES string of the molecule is Cc1nnc(/C=C/c2ccccc2OCC(O)CNC(C)Cc2ccc(OCc3ccccc3)cc2)s1. The minimum absolute atomic E-state index is 0.204. The van der Waals surface area contributed by atoms with Crippen LogP contribution in [-0.2, 0) is 13.0 Å². The van der Waals surface area contributed by atoms with Crippen LogP contribution in [0.2, 0.25) is 0 Å². The number of nitrogens with zero attached hydrogens (tertiary/aromatic N) is 2. The second-order valence-corrected chi connectivity index (χ2v) is 10.1. The second-order valence-electron chi connectivity index (χ2n) is 8.93. The van der Waals surface area contributed by atoms with Crippen LogP contribution in [0.15, 0.2) is 78.9 Å². The zero-order valence-corrected chi connectivity index (χ0v) is 22.0. The minimum Gasteiger partial charge on any atom is -0.490 e. The molecule has 0 saturated carbocycles. The Hall–Kier alpha value is -3.52. The lowest BCUT2D eigenvalue weighted by atomic mass is 10.1. The summed E-state index contributed by atoms with van der Waals surface area (Å²) in [5.74, 6) is 1.58. The number of aliphatic hydroxyl groups is 1. The highest BCUT2D eigenvalue weighted by Crippen LogP contribution is 2.22. The maximum atomic E-state index is 10.5. The largest absolute Gasteiger partial charge is 0.490 e. The molecule has 3 aromatic carbocycles. The van der Waals surface area contributed by atoms with E-state index in [1.165, 1.54) is 16.9 Å². The van der Waals surface area contributed by atoms with E-state index in [4.69, 9.17) is 9.47 Å². The van der Waals surface area contributed by atoms with Crippen LogP contribution in [0.1, 0.15) is 33.6 Å². The average molecular weight is 516 g/mol. The van der Waals surface area contributed by atoms with Gasteiger partial charge in [0.25, 0.3) is 0 Å². The first-order chi connectivity index (χ1) is 18.0. The molecule has 4 rings (SSSR count). The number of para-hydroxylation sites is 1. The van der Waals surface area contributed by atoms with Crippen LogP contribution in [0.25, 0.3) is 12.2 Å². The highest BCUT2D eigenvalue weighted by atomic mass is 32.1. The number of aliphatic hydroxyl groups excluding tert-OH is 1. The second kappa shape index (κ2) is 13.7. The molecule has 1 heterocycles. The highest BCUT2D eigenvalue weighted by Gasteiger charge is 2.10. The maximum Gasteiger partial charge on any atom is 0.140 e. The van der Waals surface area contributed by atoms with Gasteiger partial charge in [-0.2, -0.15) is 0 Å². The number of hydrogen-bond donors (Lipinski definition) is 2. The van der Waals surface area contributed by atoms with E-state index in [0.717, 1.165) is 39.1 Å². The molecule has 0 aliphatic carbocycles. The van der Waals surface area contributed by atoms with Crippen molar-refractivity contribution in [2.24, 2.45) is 0 Å². The molecule has 0 saturated heterocycles. The molecule has 37 heavy (non-hydrogen) atoms. The third kappa shape index (κ3) is 8.82. The number of ether oxygens (including phenoxy) is 2. The molecular weight excluding hydrogens is 482 g/mol. The van der Waals surface area contributed by atoms with Gasteiger partial charge in [0.05, 0.1) is 0 Å². The van der Waals surface area contributed by atoms with Crippen LogP contribution < -0.4 is 14.8 Å². The van der Waals surface area contributed by atoms with Gasteiger partial charge in [-0.05, 0) is 61.7 Å². The number of benzene rings is 3. The summed E-state index contributed by atoms with van der Waals surface area (Å²) >= 11 is 1.54. The normalized spacial score (nSPS) is 12.9. The summed E-state index contributed by atoms with van der Waals surface area (Å²) in [6.07, 6.45) is 4.11. The fraction of sp³-hybridized carbons (Fsp3) is 0.267. The number of aromatic nitrogens is 2. The van der Waals surface area contributed by atoms with E-state index in [0.29, 0.717) is 13.2 Å². The van der Waals surface area contributed by atoms with Gasteiger partial charge in [-0.1, -0.05) is 72.0 Å². The smallest absolute Gasteiger partial charge is 0.140 e.